The average molecular weight is 348 g/mol. The lowest BCUT2D eigenvalue weighted by Gasteiger charge is -2.10. The standard InChI is InChI=1S/C17H20N2O4S/c1-12-4-9-16(13(2)10-12)24(21,22)18-11-17(20)19-14-5-7-15(23-3)8-6-14/h4-10,18H,11H2,1-3H3,(H,19,20). The number of methoxy groups -OCH3 is 1. The van der Waals surface area contributed by atoms with E-state index in [0.29, 0.717) is 17.0 Å². The van der Waals surface area contributed by atoms with Crippen LogP contribution in [0.3, 0.4) is 0 Å². The van der Waals surface area contributed by atoms with E-state index in [0.717, 1.165) is 5.56 Å². The molecule has 6 nitrogen and oxygen atoms in total. The summed E-state index contributed by atoms with van der Waals surface area (Å²) in [4.78, 5) is 12.1. The number of sulfonamides is 1. The predicted molar refractivity (Wildman–Crippen MR) is 92.7 cm³/mol. The minimum absolute atomic E-state index is 0.172. The molecule has 7 heteroatoms. The lowest BCUT2D eigenvalue weighted by Crippen LogP contribution is -2.33. The first-order valence-electron chi connectivity index (χ1n) is 7.32. The van der Waals surface area contributed by atoms with E-state index in [2.05, 4.69) is 10.0 Å². The summed E-state index contributed by atoms with van der Waals surface area (Å²) in [5.41, 5.74) is 2.17. The average Bonchev–Trinajstić information content (AvgIpc) is 2.53. The smallest absolute Gasteiger partial charge is 0.241 e. The first-order chi connectivity index (χ1) is 11.3. The number of carbonyl (C=O) groups excluding carboxylic acids is 1. The largest absolute Gasteiger partial charge is 0.497 e. The summed E-state index contributed by atoms with van der Waals surface area (Å²) in [5, 5.41) is 2.62. The zero-order valence-corrected chi connectivity index (χ0v) is 14.6. The molecule has 0 radical (unpaired) electrons. The van der Waals surface area contributed by atoms with Gasteiger partial charge < -0.3 is 10.1 Å². The van der Waals surface area contributed by atoms with Gasteiger partial charge in [0.15, 0.2) is 0 Å². The maximum absolute atomic E-state index is 12.3. The van der Waals surface area contributed by atoms with Crippen LogP contribution in [0.2, 0.25) is 0 Å². The molecule has 128 valence electrons. The minimum Gasteiger partial charge on any atom is -0.497 e. The molecule has 0 saturated heterocycles. The summed E-state index contributed by atoms with van der Waals surface area (Å²) >= 11 is 0. The van der Waals surface area contributed by atoms with E-state index in [1.54, 1.807) is 50.4 Å². The van der Waals surface area contributed by atoms with Crippen molar-refractivity contribution in [2.45, 2.75) is 18.7 Å². The van der Waals surface area contributed by atoms with E-state index in [4.69, 9.17) is 4.74 Å². The molecule has 1 amide bonds. The fourth-order valence-electron chi connectivity index (χ4n) is 2.22. The summed E-state index contributed by atoms with van der Waals surface area (Å²) in [6.07, 6.45) is 0. The quantitative estimate of drug-likeness (QED) is 0.838. The van der Waals surface area contributed by atoms with Gasteiger partial charge in [-0.1, -0.05) is 17.7 Å². The Morgan fingerprint density at radius 1 is 1.08 bits per heavy atom. The molecular weight excluding hydrogens is 328 g/mol. The molecule has 2 N–H and O–H groups in total. The van der Waals surface area contributed by atoms with Crippen LogP contribution in [0.15, 0.2) is 47.4 Å². The van der Waals surface area contributed by atoms with Gasteiger partial charge in [-0.2, -0.15) is 0 Å². The van der Waals surface area contributed by atoms with Gasteiger partial charge in [-0.15, -0.1) is 0 Å². The van der Waals surface area contributed by atoms with Crippen molar-refractivity contribution in [1.82, 2.24) is 4.72 Å². The van der Waals surface area contributed by atoms with Crippen LogP contribution < -0.4 is 14.8 Å². The zero-order chi connectivity index (χ0) is 17.7. The lowest BCUT2D eigenvalue weighted by molar-refractivity contribution is -0.115. The van der Waals surface area contributed by atoms with Crippen molar-refractivity contribution in [1.29, 1.82) is 0 Å². The van der Waals surface area contributed by atoms with Gasteiger partial charge in [-0.25, -0.2) is 13.1 Å². The molecule has 0 aromatic heterocycles. The first-order valence-corrected chi connectivity index (χ1v) is 8.81. The van der Waals surface area contributed by atoms with E-state index in [-0.39, 0.29) is 11.4 Å². The van der Waals surface area contributed by atoms with E-state index in [1.165, 1.54) is 6.07 Å². The molecular formula is C17H20N2O4S. The van der Waals surface area contributed by atoms with Crippen molar-refractivity contribution in [3.8, 4) is 5.75 Å². The monoisotopic (exact) mass is 348 g/mol. The van der Waals surface area contributed by atoms with Crippen LogP contribution in [0, 0.1) is 13.8 Å². The van der Waals surface area contributed by atoms with Crippen LogP contribution in [0.25, 0.3) is 0 Å². The zero-order valence-electron chi connectivity index (χ0n) is 13.8. The van der Waals surface area contributed by atoms with Crippen molar-refractivity contribution in [3.05, 3.63) is 53.6 Å². The Balaban J connectivity index is 1.99. The third-order valence-corrected chi connectivity index (χ3v) is 4.98. The topological polar surface area (TPSA) is 84.5 Å². The van der Waals surface area contributed by atoms with Gasteiger partial charge in [-0.05, 0) is 49.7 Å². The molecule has 0 atom stereocenters. The number of anilines is 1. The maximum Gasteiger partial charge on any atom is 0.241 e. The fourth-order valence-corrected chi connectivity index (χ4v) is 3.43. The summed E-state index contributed by atoms with van der Waals surface area (Å²) < 4.78 is 31.9. The van der Waals surface area contributed by atoms with Crippen LogP contribution in [-0.4, -0.2) is 28.0 Å². The van der Waals surface area contributed by atoms with E-state index in [9.17, 15) is 13.2 Å². The molecule has 0 spiro atoms. The SMILES string of the molecule is COc1ccc(NC(=O)CNS(=O)(=O)c2ccc(C)cc2C)cc1. The molecule has 0 unspecified atom stereocenters. The van der Waals surface area contributed by atoms with Crippen LogP contribution >= 0.6 is 0 Å². The Labute approximate surface area is 141 Å². The number of aryl methyl sites for hydroxylation is 2. The van der Waals surface area contributed by atoms with Crippen molar-refractivity contribution in [2.75, 3.05) is 19.0 Å². The second kappa shape index (κ2) is 7.46. The highest BCUT2D eigenvalue weighted by Crippen LogP contribution is 2.17. The van der Waals surface area contributed by atoms with E-state index < -0.39 is 15.9 Å². The minimum atomic E-state index is -3.74. The van der Waals surface area contributed by atoms with E-state index >= 15 is 0 Å². The molecule has 2 aromatic rings. The number of benzene rings is 2. The Kier molecular flexibility index (Phi) is 5.58. The number of ether oxygens (including phenoxy) is 1. The first kappa shape index (κ1) is 18.0. The van der Waals surface area contributed by atoms with Crippen molar-refractivity contribution < 1.29 is 17.9 Å². The molecule has 0 heterocycles. The Bertz CT molecular complexity index is 830. The van der Waals surface area contributed by atoms with Crippen LogP contribution in [0.5, 0.6) is 5.75 Å². The van der Waals surface area contributed by atoms with Crippen LogP contribution in [0.4, 0.5) is 5.69 Å². The summed E-state index contributed by atoms with van der Waals surface area (Å²) in [6.45, 7) is 3.26. The highest BCUT2D eigenvalue weighted by Gasteiger charge is 2.17. The van der Waals surface area contributed by atoms with Crippen molar-refractivity contribution in [3.63, 3.8) is 0 Å². The molecule has 0 aliphatic carbocycles. The Hall–Kier alpha value is -2.38. The van der Waals surface area contributed by atoms with Gasteiger partial charge >= 0.3 is 0 Å². The molecule has 0 bridgehead atoms. The Morgan fingerprint density at radius 2 is 1.75 bits per heavy atom. The number of hydrogen-bond donors (Lipinski definition) is 2. The van der Waals surface area contributed by atoms with Gasteiger partial charge in [-0.3, -0.25) is 4.79 Å². The van der Waals surface area contributed by atoms with Gasteiger partial charge in [0.1, 0.15) is 5.75 Å². The van der Waals surface area contributed by atoms with Crippen LogP contribution in [-0.2, 0) is 14.8 Å². The van der Waals surface area contributed by atoms with Crippen LogP contribution in [0.1, 0.15) is 11.1 Å². The van der Waals surface area contributed by atoms with Crippen molar-refractivity contribution >= 4 is 21.6 Å². The van der Waals surface area contributed by atoms with Gasteiger partial charge in [0.05, 0.1) is 18.6 Å². The summed E-state index contributed by atoms with van der Waals surface area (Å²) in [7, 11) is -2.19. The molecule has 0 aliphatic heterocycles. The number of hydrogen-bond acceptors (Lipinski definition) is 4. The third-order valence-electron chi connectivity index (χ3n) is 3.42. The number of nitrogens with one attached hydrogen (secondary N) is 2. The predicted octanol–water partition coefficient (Wildman–Crippen LogP) is 2.23. The molecule has 24 heavy (non-hydrogen) atoms. The Morgan fingerprint density at radius 3 is 2.33 bits per heavy atom. The van der Waals surface area contributed by atoms with Gasteiger partial charge in [0.2, 0.25) is 15.9 Å². The number of carbonyl (C=O) groups is 1. The van der Waals surface area contributed by atoms with Gasteiger partial charge in [0.25, 0.3) is 0 Å². The lowest BCUT2D eigenvalue weighted by atomic mass is 10.2. The fraction of sp³-hybridized carbons (Fsp3) is 0.235. The highest BCUT2D eigenvalue weighted by molar-refractivity contribution is 7.89. The number of amides is 1. The summed E-state index contributed by atoms with van der Waals surface area (Å²) in [6, 6.07) is 11.8. The highest BCUT2D eigenvalue weighted by atomic mass is 32.2. The molecule has 0 saturated carbocycles. The molecule has 0 fully saturated rings. The second-order valence-electron chi connectivity index (χ2n) is 5.37. The summed E-state index contributed by atoms with van der Waals surface area (Å²) in [5.74, 6) is 0.219. The molecule has 0 aliphatic rings. The molecule has 2 rings (SSSR count). The third kappa shape index (κ3) is 4.56. The molecule has 2 aromatic carbocycles. The van der Waals surface area contributed by atoms with Crippen molar-refractivity contribution in [2.24, 2.45) is 0 Å². The maximum atomic E-state index is 12.3. The van der Waals surface area contributed by atoms with E-state index in [1.807, 2.05) is 6.92 Å². The normalized spacial score (nSPS) is 11.1. The van der Waals surface area contributed by atoms with Gasteiger partial charge in [0, 0.05) is 5.69 Å². The number of rotatable bonds is 6. The second-order valence-corrected chi connectivity index (χ2v) is 7.11.